The van der Waals surface area contributed by atoms with Crippen molar-refractivity contribution in [3.8, 4) is 0 Å². The monoisotopic (exact) mass is 198 g/mol. The number of hydrogen-bond donors (Lipinski definition) is 1. The summed E-state index contributed by atoms with van der Waals surface area (Å²) in [5.74, 6) is -0.386. The molecule has 0 aromatic heterocycles. The van der Waals surface area contributed by atoms with Crippen LogP contribution in [0.3, 0.4) is 0 Å². The van der Waals surface area contributed by atoms with Crippen molar-refractivity contribution in [1.82, 2.24) is 5.06 Å². The second-order valence-corrected chi connectivity index (χ2v) is 4.61. The Morgan fingerprint density at radius 1 is 1.43 bits per heavy atom. The zero-order valence-corrected chi connectivity index (χ0v) is 9.42. The van der Waals surface area contributed by atoms with Crippen LogP contribution in [-0.4, -0.2) is 29.2 Å². The Bertz CT molecular complexity index is 292. The van der Waals surface area contributed by atoms with Crippen LogP contribution >= 0.6 is 0 Å². The van der Waals surface area contributed by atoms with Crippen molar-refractivity contribution in [2.24, 2.45) is 5.73 Å². The average molecular weight is 198 g/mol. The number of carbonyl (C=O) groups excluding carboxylic acids is 1. The summed E-state index contributed by atoms with van der Waals surface area (Å²) >= 11 is 0. The van der Waals surface area contributed by atoms with E-state index in [4.69, 9.17) is 10.6 Å². The molecule has 14 heavy (non-hydrogen) atoms. The third-order valence-electron chi connectivity index (χ3n) is 2.64. The molecular weight excluding hydrogens is 180 g/mol. The molecule has 4 heteroatoms. The van der Waals surface area contributed by atoms with E-state index in [0.29, 0.717) is 5.57 Å². The fourth-order valence-corrected chi connectivity index (χ4v) is 2.25. The first kappa shape index (κ1) is 11.2. The molecule has 0 radical (unpaired) electrons. The fourth-order valence-electron chi connectivity index (χ4n) is 2.25. The van der Waals surface area contributed by atoms with Gasteiger partial charge in [-0.25, -0.2) is 0 Å². The Kier molecular flexibility index (Phi) is 2.46. The van der Waals surface area contributed by atoms with Gasteiger partial charge in [-0.1, -0.05) is 6.08 Å². The highest BCUT2D eigenvalue weighted by atomic mass is 16.7. The second-order valence-electron chi connectivity index (χ2n) is 4.61. The standard InChI is InChI=1S/C10H18N2O2/c1-9(2)6-7(8(11)13)10(3,4)12(9)14-5/h6H,1-5H3,(H2,11,13). The molecule has 1 aliphatic heterocycles. The Balaban J connectivity index is 3.17. The summed E-state index contributed by atoms with van der Waals surface area (Å²) in [6.45, 7) is 7.80. The first-order valence-corrected chi connectivity index (χ1v) is 4.61. The van der Waals surface area contributed by atoms with Crippen molar-refractivity contribution in [3.63, 3.8) is 0 Å². The van der Waals surface area contributed by atoms with Crippen molar-refractivity contribution >= 4 is 5.91 Å². The van der Waals surface area contributed by atoms with Gasteiger partial charge < -0.3 is 10.6 Å². The molecule has 1 heterocycles. The molecule has 4 nitrogen and oxygen atoms in total. The van der Waals surface area contributed by atoms with Gasteiger partial charge in [-0.05, 0) is 27.7 Å². The molecule has 0 atom stereocenters. The highest BCUT2D eigenvalue weighted by Crippen LogP contribution is 2.39. The number of hydroxylamine groups is 2. The van der Waals surface area contributed by atoms with Crippen LogP contribution in [0.5, 0.6) is 0 Å². The zero-order valence-electron chi connectivity index (χ0n) is 9.42. The van der Waals surface area contributed by atoms with Gasteiger partial charge in [0, 0.05) is 5.57 Å². The Hall–Kier alpha value is -0.870. The third-order valence-corrected chi connectivity index (χ3v) is 2.64. The van der Waals surface area contributed by atoms with E-state index in [0.717, 1.165) is 0 Å². The van der Waals surface area contributed by atoms with Crippen molar-refractivity contribution < 1.29 is 9.63 Å². The topological polar surface area (TPSA) is 55.6 Å². The van der Waals surface area contributed by atoms with Gasteiger partial charge in [-0.15, -0.1) is 0 Å². The van der Waals surface area contributed by atoms with Gasteiger partial charge >= 0.3 is 0 Å². The summed E-state index contributed by atoms with van der Waals surface area (Å²) in [6, 6.07) is 0. The molecule has 0 aromatic rings. The van der Waals surface area contributed by atoms with E-state index in [1.807, 2.05) is 33.8 Å². The maximum atomic E-state index is 11.2. The van der Waals surface area contributed by atoms with Gasteiger partial charge in [-0.2, -0.15) is 5.06 Å². The van der Waals surface area contributed by atoms with E-state index in [-0.39, 0.29) is 11.4 Å². The Morgan fingerprint density at radius 3 is 2.14 bits per heavy atom. The van der Waals surface area contributed by atoms with Crippen molar-refractivity contribution in [2.45, 2.75) is 38.8 Å². The smallest absolute Gasteiger partial charge is 0.246 e. The summed E-state index contributed by atoms with van der Waals surface area (Å²) in [5.41, 5.74) is 5.15. The minimum atomic E-state index is -0.468. The normalized spacial score (nSPS) is 24.8. The Labute approximate surface area is 84.7 Å². The third kappa shape index (κ3) is 1.44. The second kappa shape index (κ2) is 3.07. The molecular formula is C10H18N2O2. The molecule has 0 bridgehead atoms. The lowest BCUT2D eigenvalue weighted by Crippen LogP contribution is -2.50. The Morgan fingerprint density at radius 2 is 1.93 bits per heavy atom. The van der Waals surface area contributed by atoms with E-state index < -0.39 is 5.54 Å². The molecule has 1 rings (SSSR count). The average Bonchev–Trinajstić information content (AvgIpc) is 2.17. The van der Waals surface area contributed by atoms with Gasteiger partial charge in [0.15, 0.2) is 0 Å². The SMILES string of the molecule is CON1C(C)(C)C=C(C(N)=O)C1(C)C. The largest absolute Gasteiger partial charge is 0.366 e. The number of amides is 1. The van der Waals surface area contributed by atoms with Gasteiger partial charge in [0.1, 0.15) is 0 Å². The van der Waals surface area contributed by atoms with Crippen LogP contribution in [-0.2, 0) is 9.63 Å². The molecule has 2 N–H and O–H groups in total. The first-order chi connectivity index (χ1) is 6.23. The molecule has 80 valence electrons. The van der Waals surface area contributed by atoms with Crippen LogP contribution < -0.4 is 5.73 Å². The van der Waals surface area contributed by atoms with Gasteiger partial charge in [-0.3, -0.25) is 4.79 Å². The summed E-state index contributed by atoms with van der Waals surface area (Å²) in [4.78, 5) is 16.5. The van der Waals surface area contributed by atoms with Crippen LogP contribution in [0.1, 0.15) is 27.7 Å². The van der Waals surface area contributed by atoms with Gasteiger partial charge in [0.25, 0.3) is 0 Å². The zero-order chi connectivity index (χ0) is 11.1. The van der Waals surface area contributed by atoms with E-state index in [1.54, 1.807) is 12.2 Å². The summed E-state index contributed by atoms with van der Waals surface area (Å²) < 4.78 is 0. The number of carbonyl (C=O) groups is 1. The van der Waals surface area contributed by atoms with Crippen molar-refractivity contribution in [1.29, 1.82) is 0 Å². The molecule has 0 unspecified atom stereocenters. The minimum absolute atomic E-state index is 0.303. The van der Waals surface area contributed by atoms with E-state index in [2.05, 4.69) is 0 Å². The molecule has 0 fully saturated rings. The van der Waals surface area contributed by atoms with Crippen LogP contribution in [0.25, 0.3) is 0 Å². The predicted molar refractivity (Wildman–Crippen MR) is 54.3 cm³/mol. The molecule has 0 spiro atoms. The van der Waals surface area contributed by atoms with Gasteiger partial charge in [0.2, 0.25) is 5.91 Å². The molecule has 0 saturated carbocycles. The molecule has 0 aromatic carbocycles. The van der Waals surface area contributed by atoms with Crippen LogP contribution in [0.4, 0.5) is 0 Å². The molecule has 1 aliphatic rings. The van der Waals surface area contributed by atoms with Crippen LogP contribution in [0, 0.1) is 0 Å². The number of nitrogens with two attached hydrogens (primary N) is 1. The molecule has 0 saturated heterocycles. The molecule has 0 aliphatic carbocycles. The first-order valence-electron chi connectivity index (χ1n) is 4.61. The number of nitrogens with zero attached hydrogens (tertiary/aromatic N) is 1. The lowest BCUT2D eigenvalue weighted by molar-refractivity contribution is -0.213. The highest BCUT2D eigenvalue weighted by molar-refractivity contribution is 5.95. The van der Waals surface area contributed by atoms with E-state index >= 15 is 0 Å². The highest BCUT2D eigenvalue weighted by Gasteiger charge is 2.48. The number of primary amides is 1. The number of rotatable bonds is 2. The maximum absolute atomic E-state index is 11.2. The van der Waals surface area contributed by atoms with Crippen molar-refractivity contribution in [3.05, 3.63) is 11.6 Å². The summed E-state index contributed by atoms with van der Waals surface area (Å²) in [7, 11) is 1.60. The minimum Gasteiger partial charge on any atom is -0.366 e. The summed E-state index contributed by atoms with van der Waals surface area (Å²) in [5, 5.41) is 1.78. The van der Waals surface area contributed by atoms with Crippen molar-refractivity contribution in [2.75, 3.05) is 7.11 Å². The predicted octanol–water partition coefficient (Wildman–Crippen LogP) is 0.832. The quantitative estimate of drug-likeness (QED) is 0.715. The lowest BCUT2D eigenvalue weighted by Gasteiger charge is -2.38. The maximum Gasteiger partial charge on any atom is 0.246 e. The van der Waals surface area contributed by atoms with E-state index in [1.165, 1.54) is 0 Å². The fraction of sp³-hybridized carbons (Fsp3) is 0.700. The van der Waals surface area contributed by atoms with Crippen LogP contribution in [0.2, 0.25) is 0 Å². The molecule has 1 amide bonds. The van der Waals surface area contributed by atoms with Crippen LogP contribution in [0.15, 0.2) is 11.6 Å². The number of hydrogen-bond acceptors (Lipinski definition) is 3. The van der Waals surface area contributed by atoms with Gasteiger partial charge in [0.05, 0.1) is 18.2 Å². The summed E-state index contributed by atoms with van der Waals surface area (Å²) in [6.07, 6.45) is 1.86. The van der Waals surface area contributed by atoms with E-state index in [9.17, 15) is 4.79 Å². The lowest BCUT2D eigenvalue weighted by atomic mass is 9.96.